The highest BCUT2D eigenvalue weighted by molar-refractivity contribution is 6.30. The van der Waals surface area contributed by atoms with Crippen molar-refractivity contribution in [3.63, 3.8) is 0 Å². The predicted molar refractivity (Wildman–Crippen MR) is 129 cm³/mol. The number of aryl methyl sites for hydroxylation is 1. The molecule has 10 heteroatoms. The van der Waals surface area contributed by atoms with Crippen molar-refractivity contribution in [3.8, 4) is 11.5 Å². The van der Waals surface area contributed by atoms with Crippen LogP contribution in [0.1, 0.15) is 27.3 Å². The van der Waals surface area contributed by atoms with Crippen LogP contribution in [0.5, 0.6) is 11.5 Å². The van der Waals surface area contributed by atoms with Crippen molar-refractivity contribution in [1.82, 2.24) is 9.78 Å². The Morgan fingerprint density at radius 3 is 2.56 bits per heavy atom. The number of rotatable bonds is 8. The van der Waals surface area contributed by atoms with E-state index in [2.05, 4.69) is 15.2 Å². The Morgan fingerprint density at radius 1 is 1.03 bits per heavy atom. The highest BCUT2D eigenvalue weighted by Crippen LogP contribution is 2.27. The molecule has 0 saturated carbocycles. The fourth-order valence-electron chi connectivity index (χ4n) is 3.46. The van der Waals surface area contributed by atoms with Crippen molar-refractivity contribution in [1.29, 1.82) is 0 Å². The largest absolute Gasteiger partial charge is 0.573 e. The Balaban J connectivity index is 1.48. The van der Waals surface area contributed by atoms with Crippen molar-refractivity contribution in [2.75, 3.05) is 5.32 Å². The summed E-state index contributed by atoms with van der Waals surface area (Å²) in [6.07, 6.45) is -4.83. The smallest absolute Gasteiger partial charge is 0.489 e. The fraction of sp³-hybridized carbons (Fsp3) is 0.154. The van der Waals surface area contributed by atoms with Gasteiger partial charge in [0.1, 0.15) is 18.1 Å². The highest BCUT2D eigenvalue weighted by Gasteiger charge is 2.31. The van der Waals surface area contributed by atoms with E-state index >= 15 is 0 Å². The van der Waals surface area contributed by atoms with Gasteiger partial charge in [0.25, 0.3) is 5.91 Å². The molecule has 0 aliphatic carbocycles. The van der Waals surface area contributed by atoms with Gasteiger partial charge in [-0.1, -0.05) is 48.0 Å². The molecule has 36 heavy (non-hydrogen) atoms. The van der Waals surface area contributed by atoms with Crippen LogP contribution in [-0.2, 0) is 13.2 Å². The fourth-order valence-corrected chi connectivity index (χ4v) is 3.65. The maximum absolute atomic E-state index is 12.7. The third-order valence-corrected chi connectivity index (χ3v) is 5.35. The Hall–Kier alpha value is -3.98. The number of aromatic nitrogens is 2. The van der Waals surface area contributed by atoms with Crippen LogP contribution in [0.2, 0.25) is 5.02 Å². The standard InChI is InChI=1S/C26H21ClF3N3O3/c1-17-12-23(25(34)31-21-8-5-9-22(14-21)36-26(28,29)30)32-33(17)15-19-13-20(27)10-11-24(19)35-16-18-6-3-2-4-7-18/h2-14H,15-16H2,1H3,(H,31,34). The normalized spacial score (nSPS) is 11.2. The van der Waals surface area contributed by atoms with E-state index in [0.717, 1.165) is 23.3 Å². The molecule has 0 saturated heterocycles. The van der Waals surface area contributed by atoms with Gasteiger partial charge >= 0.3 is 6.36 Å². The highest BCUT2D eigenvalue weighted by atomic mass is 35.5. The molecule has 0 atom stereocenters. The van der Waals surface area contributed by atoms with Gasteiger partial charge in [-0.25, -0.2) is 0 Å². The second kappa shape index (κ2) is 10.7. The lowest BCUT2D eigenvalue weighted by Gasteiger charge is -2.13. The molecule has 0 fully saturated rings. The summed E-state index contributed by atoms with van der Waals surface area (Å²) in [5.41, 5.74) is 2.72. The molecule has 6 nitrogen and oxygen atoms in total. The summed E-state index contributed by atoms with van der Waals surface area (Å²) in [5, 5.41) is 7.44. The molecule has 0 unspecified atom stereocenters. The van der Waals surface area contributed by atoms with Crippen LogP contribution in [0.15, 0.2) is 78.9 Å². The molecular weight excluding hydrogens is 495 g/mol. The number of anilines is 1. The van der Waals surface area contributed by atoms with Crippen molar-refractivity contribution in [3.05, 3.63) is 106 Å². The van der Waals surface area contributed by atoms with E-state index in [1.807, 2.05) is 30.3 Å². The molecule has 0 bridgehead atoms. The molecule has 0 radical (unpaired) electrons. The van der Waals surface area contributed by atoms with E-state index in [0.29, 0.717) is 29.6 Å². The Kier molecular flexibility index (Phi) is 7.49. The van der Waals surface area contributed by atoms with Crippen molar-refractivity contribution in [2.45, 2.75) is 26.4 Å². The summed E-state index contributed by atoms with van der Waals surface area (Å²) in [5.74, 6) is -0.385. The van der Waals surface area contributed by atoms with Crippen LogP contribution in [0.25, 0.3) is 0 Å². The lowest BCUT2D eigenvalue weighted by Crippen LogP contribution is -2.17. The van der Waals surface area contributed by atoms with Crippen LogP contribution in [-0.4, -0.2) is 22.1 Å². The van der Waals surface area contributed by atoms with Crippen molar-refractivity contribution in [2.24, 2.45) is 0 Å². The Bertz CT molecular complexity index is 1360. The van der Waals surface area contributed by atoms with E-state index in [-0.39, 0.29) is 11.4 Å². The average Bonchev–Trinajstić information content (AvgIpc) is 3.19. The average molecular weight is 516 g/mol. The predicted octanol–water partition coefficient (Wildman–Crippen LogP) is 6.62. The number of benzene rings is 3. The first-order chi connectivity index (χ1) is 17.2. The summed E-state index contributed by atoms with van der Waals surface area (Å²) in [7, 11) is 0. The maximum atomic E-state index is 12.7. The summed E-state index contributed by atoms with van der Waals surface area (Å²) in [6, 6.07) is 21.6. The number of carbonyl (C=O) groups excluding carboxylic acids is 1. The molecular formula is C26H21ClF3N3O3. The number of hydrogen-bond acceptors (Lipinski definition) is 4. The monoisotopic (exact) mass is 515 g/mol. The molecule has 3 aromatic carbocycles. The summed E-state index contributed by atoms with van der Waals surface area (Å²) >= 11 is 6.21. The number of nitrogens with one attached hydrogen (secondary N) is 1. The third kappa shape index (κ3) is 6.79. The number of carbonyl (C=O) groups is 1. The van der Waals surface area contributed by atoms with Crippen molar-refractivity contribution < 1.29 is 27.4 Å². The minimum atomic E-state index is -4.83. The van der Waals surface area contributed by atoms with Crippen molar-refractivity contribution >= 4 is 23.2 Å². The molecule has 1 heterocycles. The van der Waals surface area contributed by atoms with Crippen LogP contribution in [0.3, 0.4) is 0 Å². The molecule has 0 spiro atoms. The van der Waals surface area contributed by atoms with Crippen LogP contribution >= 0.6 is 11.6 Å². The molecule has 1 amide bonds. The minimum Gasteiger partial charge on any atom is -0.489 e. The summed E-state index contributed by atoms with van der Waals surface area (Å²) in [4.78, 5) is 12.7. The van der Waals surface area contributed by atoms with E-state index in [9.17, 15) is 18.0 Å². The zero-order valence-electron chi connectivity index (χ0n) is 19.1. The first kappa shape index (κ1) is 25.1. The molecule has 0 aliphatic rings. The molecule has 186 valence electrons. The van der Waals surface area contributed by atoms with Crippen LogP contribution in [0, 0.1) is 6.92 Å². The third-order valence-electron chi connectivity index (χ3n) is 5.12. The Labute approximate surface area is 210 Å². The number of ether oxygens (including phenoxy) is 2. The van der Waals surface area contributed by atoms with Gasteiger partial charge in [-0.15, -0.1) is 13.2 Å². The minimum absolute atomic E-state index is 0.100. The quantitative estimate of drug-likeness (QED) is 0.286. The van der Waals surface area contributed by atoms with Gasteiger partial charge in [0.15, 0.2) is 5.69 Å². The topological polar surface area (TPSA) is 65.4 Å². The number of nitrogens with zero attached hydrogens (tertiary/aromatic N) is 2. The molecule has 1 N–H and O–H groups in total. The molecule has 4 aromatic rings. The number of amides is 1. The van der Waals surface area contributed by atoms with Gasteiger partial charge in [0.2, 0.25) is 0 Å². The zero-order chi connectivity index (χ0) is 25.7. The van der Waals surface area contributed by atoms with E-state index < -0.39 is 18.0 Å². The second-order valence-corrected chi connectivity index (χ2v) is 8.32. The number of alkyl halides is 3. The van der Waals surface area contributed by atoms with E-state index in [1.165, 1.54) is 12.1 Å². The van der Waals surface area contributed by atoms with Gasteiger partial charge in [-0.05, 0) is 48.9 Å². The molecule has 4 rings (SSSR count). The van der Waals surface area contributed by atoms with Gasteiger partial charge in [0.05, 0.1) is 6.54 Å². The van der Waals surface area contributed by atoms with E-state index in [4.69, 9.17) is 16.3 Å². The van der Waals surface area contributed by atoms with E-state index in [1.54, 1.807) is 35.9 Å². The van der Waals surface area contributed by atoms with Crippen LogP contribution < -0.4 is 14.8 Å². The molecule has 0 aliphatic heterocycles. The first-order valence-corrected chi connectivity index (χ1v) is 11.2. The maximum Gasteiger partial charge on any atom is 0.573 e. The summed E-state index contributed by atoms with van der Waals surface area (Å²) < 4.78 is 48.9. The SMILES string of the molecule is Cc1cc(C(=O)Nc2cccc(OC(F)(F)F)c2)nn1Cc1cc(Cl)ccc1OCc1ccccc1. The Morgan fingerprint density at radius 2 is 1.81 bits per heavy atom. The van der Waals surface area contributed by atoms with Crippen LogP contribution in [0.4, 0.5) is 18.9 Å². The zero-order valence-corrected chi connectivity index (χ0v) is 19.8. The summed E-state index contributed by atoms with van der Waals surface area (Å²) in [6.45, 7) is 2.45. The lowest BCUT2D eigenvalue weighted by molar-refractivity contribution is -0.274. The number of hydrogen-bond donors (Lipinski definition) is 1. The van der Waals surface area contributed by atoms with Gasteiger partial charge in [-0.2, -0.15) is 5.10 Å². The van der Waals surface area contributed by atoms with Gasteiger partial charge in [-0.3, -0.25) is 9.48 Å². The molecule has 1 aromatic heterocycles. The van der Waals surface area contributed by atoms with Gasteiger partial charge in [0, 0.05) is 28.0 Å². The van der Waals surface area contributed by atoms with Gasteiger partial charge < -0.3 is 14.8 Å². The number of halogens is 4. The lowest BCUT2D eigenvalue weighted by atomic mass is 10.2. The first-order valence-electron chi connectivity index (χ1n) is 10.8. The second-order valence-electron chi connectivity index (χ2n) is 7.88.